The van der Waals surface area contributed by atoms with Crippen molar-refractivity contribution in [3.05, 3.63) is 52.5 Å². The summed E-state index contributed by atoms with van der Waals surface area (Å²) in [5.74, 6) is 0.370. The summed E-state index contributed by atoms with van der Waals surface area (Å²) in [6.07, 6.45) is 0. The molecule has 0 fully saturated rings. The molecule has 0 aliphatic rings. The zero-order valence-corrected chi connectivity index (χ0v) is 12.7. The van der Waals surface area contributed by atoms with E-state index in [0.29, 0.717) is 27.2 Å². The van der Waals surface area contributed by atoms with E-state index in [1.54, 1.807) is 32.0 Å². The van der Waals surface area contributed by atoms with Crippen LogP contribution in [0, 0.1) is 19.7 Å². The summed E-state index contributed by atoms with van der Waals surface area (Å²) in [6.45, 7) is 3.50. The van der Waals surface area contributed by atoms with Crippen molar-refractivity contribution in [3.63, 3.8) is 0 Å². The molecule has 1 N–H and O–H groups in total. The van der Waals surface area contributed by atoms with Gasteiger partial charge in [-0.1, -0.05) is 5.16 Å². The summed E-state index contributed by atoms with van der Waals surface area (Å²) in [6, 6.07) is 7.63. The molecular formula is C15H12FN3O2S. The minimum absolute atomic E-state index is 0.295. The fourth-order valence-electron chi connectivity index (χ4n) is 1.92. The first-order chi connectivity index (χ1) is 10.5. The molecule has 5 nitrogen and oxygen atoms in total. The first-order valence-electron chi connectivity index (χ1n) is 6.51. The highest BCUT2D eigenvalue weighted by atomic mass is 32.1. The van der Waals surface area contributed by atoms with E-state index in [1.165, 1.54) is 23.5 Å². The molecule has 7 heteroatoms. The monoisotopic (exact) mass is 317 g/mol. The number of amides is 1. The van der Waals surface area contributed by atoms with Crippen molar-refractivity contribution in [2.24, 2.45) is 0 Å². The van der Waals surface area contributed by atoms with Crippen LogP contribution in [0.5, 0.6) is 0 Å². The van der Waals surface area contributed by atoms with Crippen LogP contribution in [0.15, 0.2) is 34.9 Å². The van der Waals surface area contributed by atoms with Crippen LogP contribution in [0.4, 0.5) is 10.2 Å². The quantitative estimate of drug-likeness (QED) is 0.797. The average molecular weight is 317 g/mol. The molecule has 3 aromatic rings. The van der Waals surface area contributed by atoms with Gasteiger partial charge < -0.3 is 9.84 Å². The number of hydrogen-bond donors (Lipinski definition) is 1. The normalized spacial score (nSPS) is 10.7. The Balaban J connectivity index is 1.85. The summed E-state index contributed by atoms with van der Waals surface area (Å²) in [5.41, 5.74) is 1.38. The molecule has 3 rings (SSSR count). The third-order valence-electron chi connectivity index (χ3n) is 2.96. The molecule has 0 saturated carbocycles. The Kier molecular flexibility index (Phi) is 3.72. The van der Waals surface area contributed by atoms with Crippen LogP contribution in [0.3, 0.4) is 0 Å². The van der Waals surface area contributed by atoms with Crippen LogP contribution in [0.25, 0.3) is 10.6 Å². The number of halogens is 1. The van der Waals surface area contributed by atoms with Gasteiger partial charge in [0, 0.05) is 11.6 Å². The zero-order chi connectivity index (χ0) is 15.7. The molecule has 2 heterocycles. The molecule has 0 unspecified atom stereocenters. The number of benzene rings is 1. The van der Waals surface area contributed by atoms with Crippen LogP contribution >= 0.6 is 11.3 Å². The lowest BCUT2D eigenvalue weighted by Gasteiger charge is -1.98. The number of thiazole rings is 1. The van der Waals surface area contributed by atoms with Gasteiger partial charge in [0.2, 0.25) is 0 Å². The standard InChI is InChI=1S/C15H12FN3O2S/c1-8-7-12(19-21-8)18-14(20)13-9(2)17-15(22-13)10-3-5-11(16)6-4-10/h3-7H,1-2H3,(H,18,19,20). The number of rotatable bonds is 3. The molecule has 0 saturated heterocycles. The van der Waals surface area contributed by atoms with E-state index in [9.17, 15) is 9.18 Å². The predicted octanol–water partition coefficient (Wildman–Crippen LogP) is 3.81. The van der Waals surface area contributed by atoms with Crippen molar-refractivity contribution in [2.75, 3.05) is 5.32 Å². The van der Waals surface area contributed by atoms with Gasteiger partial charge in [-0.25, -0.2) is 9.37 Å². The molecule has 0 radical (unpaired) electrons. The second-order valence-electron chi connectivity index (χ2n) is 4.72. The van der Waals surface area contributed by atoms with Crippen LogP contribution in [-0.4, -0.2) is 16.0 Å². The highest BCUT2D eigenvalue weighted by Crippen LogP contribution is 2.28. The van der Waals surface area contributed by atoms with E-state index in [2.05, 4.69) is 15.5 Å². The molecule has 1 amide bonds. The van der Waals surface area contributed by atoms with E-state index in [-0.39, 0.29) is 11.7 Å². The van der Waals surface area contributed by atoms with Gasteiger partial charge in [0.25, 0.3) is 5.91 Å². The maximum Gasteiger partial charge on any atom is 0.268 e. The fraction of sp³-hybridized carbons (Fsp3) is 0.133. The van der Waals surface area contributed by atoms with Crippen LogP contribution < -0.4 is 5.32 Å². The molecule has 0 spiro atoms. The number of carbonyl (C=O) groups excluding carboxylic acids is 1. The Morgan fingerprint density at radius 3 is 2.64 bits per heavy atom. The van der Waals surface area contributed by atoms with Gasteiger partial charge in [0.05, 0.1) is 5.69 Å². The minimum atomic E-state index is -0.309. The Labute approximate surface area is 129 Å². The maximum absolute atomic E-state index is 13.0. The summed E-state index contributed by atoms with van der Waals surface area (Å²) >= 11 is 1.25. The summed E-state index contributed by atoms with van der Waals surface area (Å²) in [7, 11) is 0. The molecule has 0 bridgehead atoms. The Hall–Kier alpha value is -2.54. The lowest BCUT2D eigenvalue weighted by atomic mass is 10.2. The van der Waals surface area contributed by atoms with Gasteiger partial charge in [-0.15, -0.1) is 11.3 Å². The summed E-state index contributed by atoms with van der Waals surface area (Å²) < 4.78 is 17.9. The topological polar surface area (TPSA) is 68.0 Å². The fourth-order valence-corrected chi connectivity index (χ4v) is 2.89. The van der Waals surface area contributed by atoms with Crippen molar-refractivity contribution in [2.45, 2.75) is 13.8 Å². The smallest absolute Gasteiger partial charge is 0.268 e. The molecule has 0 atom stereocenters. The number of hydrogen-bond acceptors (Lipinski definition) is 5. The van der Waals surface area contributed by atoms with Gasteiger partial charge in [-0.3, -0.25) is 4.79 Å². The SMILES string of the molecule is Cc1cc(NC(=O)c2sc(-c3ccc(F)cc3)nc2C)no1. The minimum Gasteiger partial charge on any atom is -0.360 e. The lowest BCUT2D eigenvalue weighted by Crippen LogP contribution is -2.11. The Bertz CT molecular complexity index is 824. The molecular weight excluding hydrogens is 305 g/mol. The number of nitrogens with zero attached hydrogens (tertiary/aromatic N) is 2. The third kappa shape index (κ3) is 2.89. The van der Waals surface area contributed by atoms with Crippen molar-refractivity contribution >= 4 is 23.1 Å². The molecule has 2 aromatic heterocycles. The van der Waals surface area contributed by atoms with Crippen molar-refractivity contribution in [1.82, 2.24) is 10.1 Å². The van der Waals surface area contributed by atoms with Gasteiger partial charge in [-0.05, 0) is 38.1 Å². The first kappa shape index (κ1) is 14.4. The van der Waals surface area contributed by atoms with Gasteiger partial charge in [-0.2, -0.15) is 0 Å². The Morgan fingerprint density at radius 1 is 1.27 bits per heavy atom. The zero-order valence-electron chi connectivity index (χ0n) is 11.9. The summed E-state index contributed by atoms with van der Waals surface area (Å²) in [4.78, 5) is 17.1. The van der Waals surface area contributed by atoms with E-state index in [0.717, 1.165) is 5.56 Å². The second kappa shape index (κ2) is 5.69. The highest BCUT2D eigenvalue weighted by molar-refractivity contribution is 7.17. The van der Waals surface area contributed by atoms with E-state index >= 15 is 0 Å². The molecule has 1 aromatic carbocycles. The second-order valence-corrected chi connectivity index (χ2v) is 5.72. The number of nitrogens with one attached hydrogen (secondary N) is 1. The third-order valence-corrected chi connectivity index (χ3v) is 4.17. The van der Waals surface area contributed by atoms with Crippen LogP contribution in [0.1, 0.15) is 21.1 Å². The number of anilines is 1. The van der Waals surface area contributed by atoms with Crippen LogP contribution in [-0.2, 0) is 0 Å². The number of carbonyl (C=O) groups is 1. The average Bonchev–Trinajstić information content (AvgIpc) is 3.06. The van der Waals surface area contributed by atoms with Gasteiger partial charge in [0.1, 0.15) is 21.5 Å². The maximum atomic E-state index is 13.0. The largest absolute Gasteiger partial charge is 0.360 e. The number of aromatic nitrogens is 2. The van der Waals surface area contributed by atoms with E-state index in [1.807, 2.05) is 0 Å². The predicted molar refractivity (Wildman–Crippen MR) is 81.4 cm³/mol. The molecule has 0 aliphatic heterocycles. The van der Waals surface area contributed by atoms with Gasteiger partial charge in [0.15, 0.2) is 5.82 Å². The van der Waals surface area contributed by atoms with Gasteiger partial charge >= 0.3 is 0 Å². The van der Waals surface area contributed by atoms with Crippen LogP contribution in [0.2, 0.25) is 0 Å². The Morgan fingerprint density at radius 2 is 2.00 bits per heavy atom. The van der Waals surface area contributed by atoms with E-state index < -0.39 is 0 Å². The lowest BCUT2D eigenvalue weighted by molar-refractivity contribution is 0.102. The molecule has 22 heavy (non-hydrogen) atoms. The van der Waals surface area contributed by atoms with Crippen molar-refractivity contribution < 1.29 is 13.7 Å². The highest BCUT2D eigenvalue weighted by Gasteiger charge is 2.17. The first-order valence-corrected chi connectivity index (χ1v) is 7.32. The summed E-state index contributed by atoms with van der Waals surface area (Å²) in [5, 5.41) is 7.05. The van der Waals surface area contributed by atoms with Crippen molar-refractivity contribution in [1.29, 1.82) is 0 Å². The molecule has 112 valence electrons. The van der Waals surface area contributed by atoms with E-state index in [4.69, 9.17) is 4.52 Å². The number of aryl methyl sites for hydroxylation is 2. The molecule has 0 aliphatic carbocycles. The van der Waals surface area contributed by atoms with Crippen molar-refractivity contribution in [3.8, 4) is 10.6 Å².